The molecule has 1 aromatic heterocycles. The second-order valence-electron chi connectivity index (χ2n) is 10.6. The number of benzene rings is 2. The zero-order valence-corrected chi connectivity index (χ0v) is 22.1. The summed E-state index contributed by atoms with van der Waals surface area (Å²) < 4.78 is 11.0. The normalized spacial score (nSPS) is 16.0. The van der Waals surface area contributed by atoms with E-state index < -0.39 is 0 Å². The number of hydrogen-bond donors (Lipinski definition) is 1. The Bertz CT molecular complexity index is 1120. The third-order valence-corrected chi connectivity index (χ3v) is 6.84. The summed E-state index contributed by atoms with van der Waals surface area (Å²) in [5.74, 6) is 2.21. The van der Waals surface area contributed by atoms with Crippen molar-refractivity contribution in [3.8, 4) is 17.1 Å². The fourth-order valence-electron chi connectivity index (χ4n) is 4.53. The maximum atomic E-state index is 12.9. The zero-order chi connectivity index (χ0) is 25.7. The SMILES string of the molecule is CCOc1ccc(C(C)NC(=O)C2CCN(Cc3nc(-c4ccc(C(C)(C)C)cc4)no3)CC2)cc1. The second kappa shape index (κ2) is 11.2. The van der Waals surface area contributed by atoms with Crippen LogP contribution in [0.2, 0.25) is 0 Å². The van der Waals surface area contributed by atoms with Crippen LogP contribution in [-0.4, -0.2) is 40.6 Å². The van der Waals surface area contributed by atoms with Gasteiger partial charge in [0.05, 0.1) is 19.2 Å². The van der Waals surface area contributed by atoms with Gasteiger partial charge in [-0.15, -0.1) is 0 Å². The first-order valence-corrected chi connectivity index (χ1v) is 12.9. The molecule has 1 aliphatic heterocycles. The highest BCUT2D eigenvalue weighted by Crippen LogP contribution is 2.26. The van der Waals surface area contributed by atoms with E-state index in [-0.39, 0.29) is 23.3 Å². The first-order valence-electron chi connectivity index (χ1n) is 12.9. The number of ether oxygens (including phenoxy) is 1. The van der Waals surface area contributed by atoms with Gasteiger partial charge in [0, 0.05) is 11.5 Å². The summed E-state index contributed by atoms with van der Waals surface area (Å²) in [7, 11) is 0. The smallest absolute Gasteiger partial charge is 0.241 e. The van der Waals surface area contributed by atoms with Gasteiger partial charge in [0.1, 0.15) is 5.75 Å². The van der Waals surface area contributed by atoms with Crippen molar-refractivity contribution in [3.63, 3.8) is 0 Å². The molecule has 192 valence electrons. The Kier molecular flexibility index (Phi) is 8.09. The third-order valence-electron chi connectivity index (χ3n) is 6.84. The molecule has 0 saturated carbocycles. The molecule has 1 aliphatic rings. The minimum absolute atomic E-state index is 0.0194. The highest BCUT2D eigenvalue weighted by molar-refractivity contribution is 5.79. The predicted octanol–water partition coefficient (Wildman–Crippen LogP) is 5.52. The number of piperidine rings is 1. The molecule has 1 amide bonds. The molecular weight excluding hydrogens is 452 g/mol. The average Bonchev–Trinajstić information content (AvgIpc) is 3.33. The van der Waals surface area contributed by atoms with Gasteiger partial charge in [-0.3, -0.25) is 9.69 Å². The van der Waals surface area contributed by atoms with Crippen molar-refractivity contribution in [3.05, 3.63) is 65.5 Å². The molecule has 1 N–H and O–H groups in total. The highest BCUT2D eigenvalue weighted by atomic mass is 16.5. The molecule has 4 rings (SSSR count). The van der Waals surface area contributed by atoms with Gasteiger partial charge in [-0.05, 0) is 68.5 Å². The molecule has 1 unspecified atom stereocenters. The van der Waals surface area contributed by atoms with Gasteiger partial charge in [0.15, 0.2) is 0 Å². The molecule has 0 radical (unpaired) electrons. The van der Waals surface area contributed by atoms with E-state index in [2.05, 4.69) is 53.3 Å². The Balaban J connectivity index is 1.25. The summed E-state index contributed by atoms with van der Waals surface area (Å²) in [6.07, 6.45) is 1.63. The van der Waals surface area contributed by atoms with E-state index in [4.69, 9.17) is 9.26 Å². The third kappa shape index (κ3) is 6.52. The van der Waals surface area contributed by atoms with Crippen LogP contribution in [0.1, 0.15) is 70.5 Å². The molecule has 0 aliphatic carbocycles. The first-order chi connectivity index (χ1) is 17.2. The molecule has 1 fully saturated rings. The van der Waals surface area contributed by atoms with Crippen molar-refractivity contribution < 1.29 is 14.1 Å². The van der Waals surface area contributed by atoms with Crippen LogP contribution >= 0.6 is 0 Å². The van der Waals surface area contributed by atoms with Gasteiger partial charge in [-0.25, -0.2) is 0 Å². The number of hydrogen-bond acceptors (Lipinski definition) is 6. The molecule has 1 atom stereocenters. The number of likely N-dealkylation sites (tertiary alicyclic amines) is 1. The van der Waals surface area contributed by atoms with Crippen LogP contribution in [0.25, 0.3) is 11.4 Å². The van der Waals surface area contributed by atoms with E-state index in [1.807, 2.05) is 50.2 Å². The van der Waals surface area contributed by atoms with Crippen LogP contribution in [0.4, 0.5) is 0 Å². The standard InChI is InChI=1S/C29H38N4O3/c1-6-35-25-13-9-21(10-14-25)20(2)30-28(34)23-15-17-33(18-16-23)19-26-31-27(32-36-26)22-7-11-24(12-8-22)29(3,4)5/h7-14,20,23H,6,15-19H2,1-5H3,(H,30,34). The van der Waals surface area contributed by atoms with Crippen molar-refractivity contribution in [2.45, 2.75) is 65.5 Å². The molecule has 2 heterocycles. The molecule has 0 spiro atoms. The van der Waals surface area contributed by atoms with E-state index >= 15 is 0 Å². The van der Waals surface area contributed by atoms with Gasteiger partial charge in [-0.2, -0.15) is 4.98 Å². The number of nitrogens with one attached hydrogen (secondary N) is 1. The summed E-state index contributed by atoms with van der Waals surface area (Å²) in [4.78, 5) is 19.7. The predicted molar refractivity (Wildman–Crippen MR) is 141 cm³/mol. The van der Waals surface area contributed by atoms with Crippen LogP contribution in [0.5, 0.6) is 5.75 Å². The molecule has 36 heavy (non-hydrogen) atoms. The fourth-order valence-corrected chi connectivity index (χ4v) is 4.53. The lowest BCUT2D eigenvalue weighted by Crippen LogP contribution is -2.40. The zero-order valence-electron chi connectivity index (χ0n) is 22.1. The molecule has 0 bridgehead atoms. The number of amides is 1. The van der Waals surface area contributed by atoms with Crippen LogP contribution in [0.15, 0.2) is 53.1 Å². The summed E-state index contributed by atoms with van der Waals surface area (Å²) in [6.45, 7) is 13.5. The summed E-state index contributed by atoms with van der Waals surface area (Å²) in [6, 6.07) is 16.2. The van der Waals surface area contributed by atoms with Crippen LogP contribution in [0.3, 0.4) is 0 Å². The van der Waals surface area contributed by atoms with Crippen LogP contribution in [0, 0.1) is 5.92 Å². The first kappa shape index (κ1) is 25.9. The summed E-state index contributed by atoms with van der Waals surface area (Å²) in [5, 5.41) is 7.36. The van der Waals surface area contributed by atoms with Crippen molar-refractivity contribution >= 4 is 5.91 Å². The van der Waals surface area contributed by atoms with E-state index in [1.165, 1.54) is 5.56 Å². The fraction of sp³-hybridized carbons (Fsp3) is 0.483. The average molecular weight is 491 g/mol. The summed E-state index contributed by atoms with van der Waals surface area (Å²) in [5.41, 5.74) is 3.41. The molecule has 1 saturated heterocycles. The van der Waals surface area contributed by atoms with Crippen LogP contribution < -0.4 is 10.1 Å². The van der Waals surface area contributed by atoms with Crippen molar-refractivity contribution in [1.29, 1.82) is 0 Å². The summed E-state index contributed by atoms with van der Waals surface area (Å²) >= 11 is 0. The Labute approximate surface area is 214 Å². The Morgan fingerprint density at radius 2 is 1.78 bits per heavy atom. The maximum absolute atomic E-state index is 12.9. The van der Waals surface area contributed by atoms with Gasteiger partial charge >= 0.3 is 0 Å². The highest BCUT2D eigenvalue weighted by Gasteiger charge is 2.27. The van der Waals surface area contributed by atoms with E-state index in [0.29, 0.717) is 24.9 Å². The maximum Gasteiger partial charge on any atom is 0.241 e. The number of nitrogens with zero attached hydrogens (tertiary/aromatic N) is 3. The monoisotopic (exact) mass is 490 g/mol. The number of carbonyl (C=O) groups excluding carboxylic acids is 1. The lowest BCUT2D eigenvalue weighted by atomic mass is 9.87. The lowest BCUT2D eigenvalue weighted by Gasteiger charge is -2.30. The number of aromatic nitrogens is 2. The minimum Gasteiger partial charge on any atom is -0.494 e. The largest absolute Gasteiger partial charge is 0.494 e. The molecule has 7 heteroatoms. The Morgan fingerprint density at radius 3 is 2.39 bits per heavy atom. The van der Waals surface area contributed by atoms with E-state index in [0.717, 1.165) is 42.8 Å². The van der Waals surface area contributed by atoms with E-state index in [1.54, 1.807) is 0 Å². The van der Waals surface area contributed by atoms with Crippen LogP contribution in [-0.2, 0) is 16.8 Å². The molecule has 2 aromatic carbocycles. The van der Waals surface area contributed by atoms with Gasteiger partial charge in [0.25, 0.3) is 0 Å². The van der Waals surface area contributed by atoms with Crippen molar-refractivity contribution in [2.75, 3.05) is 19.7 Å². The topological polar surface area (TPSA) is 80.5 Å². The molecule has 3 aromatic rings. The lowest BCUT2D eigenvalue weighted by molar-refractivity contribution is -0.127. The molecule has 7 nitrogen and oxygen atoms in total. The number of rotatable bonds is 8. The quantitative estimate of drug-likeness (QED) is 0.448. The van der Waals surface area contributed by atoms with Crippen molar-refractivity contribution in [1.82, 2.24) is 20.4 Å². The van der Waals surface area contributed by atoms with E-state index in [9.17, 15) is 4.79 Å². The Hall–Kier alpha value is -3.19. The van der Waals surface area contributed by atoms with Gasteiger partial charge in [0.2, 0.25) is 17.6 Å². The second-order valence-corrected chi connectivity index (χ2v) is 10.6. The van der Waals surface area contributed by atoms with Gasteiger partial charge < -0.3 is 14.6 Å². The number of carbonyl (C=O) groups is 1. The van der Waals surface area contributed by atoms with Gasteiger partial charge in [-0.1, -0.05) is 62.3 Å². The molecular formula is C29H38N4O3. The van der Waals surface area contributed by atoms with Crippen molar-refractivity contribution in [2.24, 2.45) is 5.92 Å². The Morgan fingerprint density at radius 1 is 1.11 bits per heavy atom. The minimum atomic E-state index is -0.0412.